The summed E-state index contributed by atoms with van der Waals surface area (Å²) in [4.78, 5) is 23.2. The molecule has 0 saturated carbocycles. The van der Waals surface area contributed by atoms with E-state index >= 15 is 0 Å². The maximum absolute atomic E-state index is 12.1. The van der Waals surface area contributed by atoms with Crippen molar-refractivity contribution in [2.75, 3.05) is 0 Å². The number of aliphatic carboxylic acids is 1. The minimum atomic E-state index is -1.01. The van der Waals surface area contributed by atoms with Gasteiger partial charge in [-0.3, -0.25) is 4.79 Å². The number of benzene rings is 1. The average molecular weight is 328 g/mol. The van der Waals surface area contributed by atoms with Crippen LogP contribution in [0.25, 0.3) is 0 Å². The zero-order valence-corrected chi connectivity index (χ0v) is 12.8. The first-order valence-electron chi connectivity index (χ1n) is 6.11. The SMILES string of the molecule is Cc1cccc(C(=O)N[C@H](CC(C)C)C(=O)O)c1Br. The van der Waals surface area contributed by atoms with E-state index in [0.717, 1.165) is 5.56 Å². The second kappa shape index (κ2) is 6.70. The molecular weight excluding hydrogens is 310 g/mol. The Morgan fingerprint density at radius 3 is 2.53 bits per heavy atom. The lowest BCUT2D eigenvalue weighted by Crippen LogP contribution is -2.41. The van der Waals surface area contributed by atoms with Crippen LogP contribution in [-0.4, -0.2) is 23.0 Å². The molecule has 19 heavy (non-hydrogen) atoms. The van der Waals surface area contributed by atoms with E-state index in [1.807, 2.05) is 26.8 Å². The summed E-state index contributed by atoms with van der Waals surface area (Å²) in [5.74, 6) is -1.18. The fraction of sp³-hybridized carbons (Fsp3) is 0.429. The molecule has 0 radical (unpaired) electrons. The second-order valence-corrected chi connectivity index (χ2v) is 5.72. The van der Waals surface area contributed by atoms with Crippen molar-refractivity contribution < 1.29 is 14.7 Å². The maximum atomic E-state index is 12.1. The van der Waals surface area contributed by atoms with E-state index in [2.05, 4.69) is 21.2 Å². The van der Waals surface area contributed by atoms with Gasteiger partial charge in [-0.15, -0.1) is 0 Å². The zero-order valence-electron chi connectivity index (χ0n) is 11.2. The first-order valence-corrected chi connectivity index (χ1v) is 6.91. The van der Waals surface area contributed by atoms with E-state index in [4.69, 9.17) is 5.11 Å². The lowest BCUT2D eigenvalue weighted by molar-refractivity contribution is -0.139. The molecule has 1 atom stereocenters. The van der Waals surface area contributed by atoms with E-state index in [9.17, 15) is 9.59 Å². The van der Waals surface area contributed by atoms with Gasteiger partial charge in [0.1, 0.15) is 6.04 Å². The van der Waals surface area contributed by atoms with Gasteiger partial charge in [0.15, 0.2) is 0 Å². The van der Waals surface area contributed by atoms with Gasteiger partial charge in [0.05, 0.1) is 5.56 Å². The summed E-state index contributed by atoms with van der Waals surface area (Å²) in [6.07, 6.45) is 0.407. The van der Waals surface area contributed by atoms with E-state index in [1.165, 1.54) is 0 Å². The fourth-order valence-corrected chi connectivity index (χ4v) is 2.20. The molecule has 0 spiro atoms. The number of nitrogens with one attached hydrogen (secondary N) is 1. The lowest BCUT2D eigenvalue weighted by atomic mass is 10.0. The largest absolute Gasteiger partial charge is 0.480 e. The smallest absolute Gasteiger partial charge is 0.326 e. The number of carbonyl (C=O) groups is 2. The fourth-order valence-electron chi connectivity index (χ4n) is 1.75. The van der Waals surface area contributed by atoms with Crippen LogP contribution < -0.4 is 5.32 Å². The summed E-state index contributed by atoms with van der Waals surface area (Å²) < 4.78 is 0.696. The van der Waals surface area contributed by atoms with Crippen LogP contribution in [0.2, 0.25) is 0 Å². The normalized spacial score (nSPS) is 12.3. The van der Waals surface area contributed by atoms with E-state index in [1.54, 1.807) is 12.1 Å². The second-order valence-electron chi connectivity index (χ2n) is 4.93. The molecule has 5 heteroatoms. The summed E-state index contributed by atoms with van der Waals surface area (Å²) in [6, 6.07) is 4.46. The monoisotopic (exact) mass is 327 g/mol. The molecule has 0 aliphatic heterocycles. The van der Waals surface area contributed by atoms with Crippen LogP contribution >= 0.6 is 15.9 Å². The van der Waals surface area contributed by atoms with Crippen LogP contribution in [0.3, 0.4) is 0 Å². The van der Waals surface area contributed by atoms with Crippen LogP contribution in [0.15, 0.2) is 22.7 Å². The van der Waals surface area contributed by atoms with Crippen molar-refractivity contribution in [3.63, 3.8) is 0 Å². The molecule has 1 aromatic rings. The topological polar surface area (TPSA) is 66.4 Å². The highest BCUT2D eigenvalue weighted by Crippen LogP contribution is 2.21. The Bertz CT molecular complexity index is 486. The summed E-state index contributed by atoms with van der Waals surface area (Å²) in [5, 5.41) is 11.7. The molecule has 0 aromatic heterocycles. The van der Waals surface area contributed by atoms with Crippen molar-refractivity contribution >= 4 is 27.8 Å². The Hall–Kier alpha value is -1.36. The Kier molecular flexibility index (Phi) is 5.54. The Morgan fingerprint density at radius 1 is 1.37 bits per heavy atom. The number of aryl methyl sites for hydroxylation is 1. The van der Waals surface area contributed by atoms with Crippen LogP contribution in [0.1, 0.15) is 36.2 Å². The minimum absolute atomic E-state index is 0.197. The van der Waals surface area contributed by atoms with Gasteiger partial charge >= 0.3 is 5.97 Å². The van der Waals surface area contributed by atoms with Crippen molar-refractivity contribution in [3.8, 4) is 0 Å². The number of carbonyl (C=O) groups excluding carboxylic acids is 1. The molecule has 0 saturated heterocycles. The highest BCUT2D eigenvalue weighted by molar-refractivity contribution is 9.10. The minimum Gasteiger partial charge on any atom is -0.480 e. The van der Waals surface area contributed by atoms with Gasteiger partial charge in [-0.1, -0.05) is 26.0 Å². The first-order chi connectivity index (χ1) is 8.82. The predicted molar refractivity (Wildman–Crippen MR) is 77.2 cm³/mol. The molecule has 0 aliphatic carbocycles. The molecule has 0 bridgehead atoms. The molecule has 0 unspecified atom stereocenters. The number of amides is 1. The van der Waals surface area contributed by atoms with Gasteiger partial charge in [-0.05, 0) is 46.8 Å². The number of rotatable bonds is 5. The third-order valence-electron chi connectivity index (χ3n) is 2.75. The van der Waals surface area contributed by atoms with Gasteiger partial charge < -0.3 is 10.4 Å². The third-order valence-corrected chi connectivity index (χ3v) is 3.80. The molecule has 1 aromatic carbocycles. The number of hydrogen-bond acceptors (Lipinski definition) is 2. The zero-order chi connectivity index (χ0) is 14.6. The van der Waals surface area contributed by atoms with Gasteiger partial charge in [0.2, 0.25) is 0 Å². The molecule has 2 N–H and O–H groups in total. The summed E-state index contributed by atoms with van der Waals surface area (Å²) >= 11 is 3.35. The molecule has 4 nitrogen and oxygen atoms in total. The number of hydrogen-bond donors (Lipinski definition) is 2. The van der Waals surface area contributed by atoms with Gasteiger partial charge in [-0.25, -0.2) is 4.79 Å². The summed E-state index contributed by atoms with van der Waals surface area (Å²) in [7, 11) is 0. The van der Waals surface area contributed by atoms with E-state index < -0.39 is 12.0 Å². The quantitative estimate of drug-likeness (QED) is 0.873. The van der Waals surface area contributed by atoms with Crippen LogP contribution in [-0.2, 0) is 4.79 Å². The van der Waals surface area contributed by atoms with Crippen LogP contribution in [0.5, 0.6) is 0 Å². The number of carboxylic acid groups (broad SMARTS) is 1. The van der Waals surface area contributed by atoms with Crippen molar-refractivity contribution in [1.29, 1.82) is 0 Å². The molecule has 0 heterocycles. The van der Waals surface area contributed by atoms with Crippen molar-refractivity contribution in [2.24, 2.45) is 5.92 Å². The summed E-state index contributed by atoms with van der Waals surface area (Å²) in [5.41, 5.74) is 1.39. The van der Waals surface area contributed by atoms with Crippen molar-refractivity contribution in [3.05, 3.63) is 33.8 Å². The third kappa shape index (κ3) is 4.35. The first kappa shape index (κ1) is 15.7. The standard InChI is InChI=1S/C14H18BrNO3/c1-8(2)7-11(14(18)19)16-13(17)10-6-4-5-9(3)12(10)15/h4-6,8,11H,7H2,1-3H3,(H,16,17)(H,18,19)/t11-/m1/s1. The van der Waals surface area contributed by atoms with Crippen LogP contribution in [0, 0.1) is 12.8 Å². The number of carboxylic acids is 1. The lowest BCUT2D eigenvalue weighted by Gasteiger charge is -2.17. The van der Waals surface area contributed by atoms with Gasteiger partial charge in [-0.2, -0.15) is 0 Å². The van der Waals surface area contributed by atoms with Crippen LogP contribution in [0.4, 0.5) is 0 Å². The van der Waals surface area contributed by atoms with Crippen molar-refractivity contribution in [1.82, 2.24) is 5.32 Å². The number of halogens is 1. The van der Waals surface area contributed by atoms with E-state index in [-0.39, 0.29) is 11.8 Å². The average Bonchev–Trinajstić information content (AvgIpc) is 2.31. The van der Waals surface area contributed by atoms with Crippen molar-refractivity contribution in [2.45, 2.75) is 33.2 Å². The Labute approximate surface area is 121 Å². The van der Waals surface area contributed by atoms with E-state index in [0.29, 0.717) is 16.5 Å². The highest BCUT2D eigenvalue weighted by atomic mass is 79.9. The molecule has 0 fully saturated rings. The maximum Gasteiger partial charge on any atom is 0.326 e. The van der Waals surface area contributed by atoms with Gasteiger partial charge in [0.25, 0.3) is 5.91 Å². The molecule has 1 amide bonds. The molecule has 0 aliphatic rings. The Balaban J connectivity index is 2.88. The molecule has 1 rings (SSSR count). The molecular formula is C14H18BrNO3. The molecule has 104 valence electrons. The predicted octanol–water partition coefficient (Wildman–Crippen LogP) is 2.99. The summed E-state index contributed by atoms with van der Waals surface area (Å²) in [6.45, 7) is 5.72. The highest BCUT2D eigenvalue weighted by Gasteiger charge is 2.22. The van der Waals surface area contributed by atoms with Gasteiger partial charge in [0, 0.05) is 4.47 Å². The Morgan fingerprint density at radius 2 is 2.00 bits per heavy atom.